The lowest BCUT2D eigenvalue weighted by atomic mass is 10.0. The lowest BCUT2D eigenvalue weighted by Gasteiger charge is -2.41. The van der Waals surface area contributed by atoms with Gasteiger partial charge in [-0.2, -0.15) is 0 Å². The van der Waals surface area contributed by atoms with Crippen LogP contribution >= 0.6 is 11.6 Å². The molecule has 0 unspecified atom stereocenters. The minimum absolute atomic E-state index is 0. The summed E-state index contributed by atoms with van der Waals surface area (Å²) < 4.78 is 5.82. The number of carbonyl (C=O) groups excluding carboxylic acids is 2. The molecule has 30 heavy (non-hydrogen) atoms. The lowest BCUT2D eigenvalue weighted by Crippen LogP contribution is -3.00. The summed E-state index contributed by atoms with van der Waals surface area (Å²) in [6, 6.07) is 15.3. The molecule has 1 N–H and O–H groups in total. The van der Waals surface area contributed by atoms with Crippen LogP contribution in [0.25, 0.3) is 0 Å². The number of nitrogens with zero attached hydrogens (tertiary/aromatic N) is 1. The standard InChI is InChI=1S/C23H27ClN2O3.BrH/c1-2-29-23(28)19-12-9-13-20(24)22(19)25-21(27)17-26(14-7-4-8-15-26)16-18-10-5-3-6-11-18;/h3,5-6,9-13H,2,4,7-8,14-17H2,1H3;1H. The molecule has 3 rings (SSSR count). The third kappa shape index (κ3) is 6.30. The highest BCUT2D eigenvalue weighted by molar-refractivity contribution is 6.34. The summed E-state index contributed by atoms with van der Waals surface area (Å²) in [5.74, 6) is -0.627. The van der Waals surface area contributed by atoms with E-state index >= 15 is 0 Å². The molecule has 0 spiro atoms. The van der Waals surface area contributed by atoms with Gasteiger partial charge in [0.15, 0.2) is 6.54 Å². The largest absolute Gasteiger partial charge is 1.00 e. The summed E-state index contributed by atoms with van der Waals surface area (Å²) >= 11 is 6.30. The highest BCUT2D eigenvalue weighted by atomic mass is 79.9. The average molecular weight is 496 g/mol. The molecular weight excluding hydrogens is 468 g/mol. The van der Waals surface area contributed by atoms with Gasteiger partial charge in [0, 0.05) is 5.56 Å². The smallest absolute Gasteiger partial charge is 0.340 e. The van der Waals surface area contributed by atoms with Crippen molar-refractivity contribution in [2.24, 2.45) is 0 Å². The number of quaternary nitrogens is 1. The van der Waals surface area contributed by atoms with Crippen LogP contribution in [0.4, 0.5) is 5.69 Å². The minimum Gasteiger partial charge on any atom is -1.00 e. The molecule has 162 valence electrons. The Morgan fingerprint density at radius 3 is 2.40 bits per heavy atom. The quantitative estimate of drug-likeness (QED) is 0.470. The zero-order valence-corrected chi connectivity index (χ0v) is 19.5. The predicted molar refractivity (Wildman–Crippen MR) is 115 cm³/mol. The van der Waals surface area contributed by atoms with Gasteiger partial charge in [0.1, 0.15) is 6.54 Å². The van der Waals surface area contributed by atoms with Crippen LogP contribution in [-0.4, -0.2) is 42.6 Å². The molecular formula is C23H28BrClN2O3. The van der Waals surface area contributed by atoms with E-state index in [4.69, 9.17) is 16.3 Å². The molecule has 1 heterocycles. The van der Waals surface area contributed by atoms with Gasteiger partial charge in [-0.25, -0.2) is 4.79 Å². The van der Waals surface area contributed by atoms with E-state index < -0.39 is 5.97 Å². The van der Waals surface area contributed by atoms with E-state index in [0.29, 0.717) is 17.3 Å². The van der Waals surface area contributed by atoms with Crippen LogP contribution in [-0.2, 0) is 16.1 Å². The first-order valence-electron chi connectivity index (χ1n) is 10.2. The van der Waals surface area contributed by atoms with Crippen molar-refractivity contribution in [2.75, 3.05) is 31.6 Å². The normalized spacial score (nSPS) is 15.0. The Morgan fingerprint density at radius 1 is 1.03 bits per heavy atom. The van der Waals surface area contributed by atoms with Crippen LogP contribution in [0.3, 0.4) is 0 Å². The molecule has 2 aromatic carbocycles. The monoisotopic (exact) mass is 494 g/mol. The highest BCUT2D eigenvalue weighted by Gasteiger charge is 2.33. The number of amides is 1. The number of carbonyl (C=O) groups is 2. The van der Waals surface area contributed by atoms with Crippen molar-refractivity contribution in [3.63, 3.8) is 0 Å². The summed E-state index contributed by atoms with van der Waals surface area (Å²) in [6.07, 6.45) is 3.43. The molecule has 1 amide bonds. The van der Waals surface area contributed by atoms with Crippen LogP contribution in [0.15, 0.2) is 48.5 Å². The van der Waals surface area contributed by atoms with Crippen LogP contribution in [0, 0.1) is 0 Å². The van der Waals surface area contributed by atoms with Gasteiger partial charge in [0.25, 0.3) is 5.91 Å². The van der Waals surface area contributed by atoms with Crippen LogP contribution in [0.2, 0.25) is 5.02 Å². The van der Waals surface area contributed by atoms with E-state index in [-0.39, 0.29) is 35.1 Å². The Morgan fingerprint density at radius 2 is 1.73 bits per heavy atom. The molecule has 0 atom stereocenters. The number of halogens is 2. The maximum absolute atomic E-state index is 13.0. The zero-order chi connectivity index (χ0) is 20.7. The maximum atomic E-state index is 13.0. The van der Waals surface area contributed by atoms with Gasteiger partial charge < -0.3 is 31.5 Å². The average Bonchev–Trinajstić information content (AvgIpc) is 2.71. The molecule has 0 radical (unpaired) electrons. The highest BCUT2D eigenvalue weighted by Crippen LogP contribution is 2.28. The van der Waals surface area contributed by atoms with Crippen molar-refractivity contribution in [3.8, 4) is 0 Å². The second-order valence-electron chi connectivity index (χ2n) is 7.58. The van der Waals surface area contributed by atoms with E-state index in [1.165, 1.54) is 12.0 Å². The molecule has 1 aliphatic rings. The SMILES string of the molecule is CCOC(=O)c1cccc(Cl)c1NC(=O)C[N+]1(Cc2ccccc2)CCCCC1.[Br-]. The fourth-order valence-corrected chi connectivity index (χ4v) is 4.26. The van der Waals surface area contributed by atoms with E-state index in [1.807, 2.05) is 18.2 Å². The fraction of sp³-hybridized carbons (Fsp3) is 0.391. The summed E-state index contributed by atoms with van der Waals surface area (Å²) in [7, 11) is 0. The number of nitrogens with one attached hydrogen (secondary N) is 1. The Balaban J connectivity index is 0.00000320. The van der Waals surface area contributed by atoms with Gasteiger partial charge in [0.2, 0.25) is 0 Å². The Labute approximate surface area is 193 Å². The van der Waals surface area contributed by atoms with Gasteiger partial charge in [-0.05, 0) is 38.3 Å². The molecule has 1 saturated heterocycles. The van der Waals surface area contributed by atoms with Gasteiger partial charge in [0.05, 0.1) is 36.0 Å². The first-order chi connectivity index (χ1) is 14.0. The Bertz CT molecular complexity index is 855. The molecule has 0 bridgehead atoms. The van der Waals surface area contributed by atoms with Crippen LogP contribution < -0.4 is 22.3 Å². The van der Waals surface area contributed by atoms with Crippen molar-refractivity contribution in [3.05, 3.63) is 64.7 Å². The second kappa shape index (κ2) is 11.5. The number of hydrogen-bond acceptors (Lipinski definition) is 3. The van der Waals surface area contributed by atoms with E-state index in [9.17, 15) is 9.59 Å². The van der Waals surface area contributed by atoms with Crippen molar-refractivity contribution in [1.82, 2.24) is 0 Å². The first kappa shape index (κ1) is 24.4. The molecule has 0 aliphatic carbocycles. The molecule has 5 nitrogen and oxygen atoms in total. The maximum Gasteiger partial charge on any atom is 0.340 e. The number of rotatable bonds is 7. The number of benzene rings is 2. The number of anilines is 1. The third-order valence-electron chi connectivity index (χ3n) is 5.38. The fourth-order valence-electron chi connectivity index (χ4n) is 4.04. The Kier molecular flexibility index (Phi) is 9.34. The Hall–Kier alpha value is -1.89. The van der Waals surface area contributed by atoms with Crippen molar-refractivity contribution in [2.45, 2.75) is 32.7 Å². The van der Waals surface area contributed by atoms with Crippen LogP contribution in [0.1, 0.15) is 42.1 Å². The molecule has 7 heteroatoms. The van der Waals surface area contributed by atoms with Gasteiger partial charge >= 0.3 is 5.97 Å². The van der Waals surface area contributed by atoms with E-state index in [2.05, 4.69) is 17.4 Å². The predicted octanol–water partition coefficient (Wildman–Crippen LogP) is 1.66. The topological polar surface area (TPSA) is 55.4 Å². The number of esters is 1. The molecule has 0 saturated carbocycles. The number of hydrogen-bond donors (Lipinski definition) is 1. The van der Waals surface area contributed by atoms with Crippen molar-refractivity contribution in [1.29, 1.82) is 0 Å². The number of para-hydroxylation sites is 1. The van der Waals surface area contributed by atoms with Gasteiger partial charge in [-0.3, -0.25) is 4.79 Å². The summed E-state index contributed by atoms with van der Waals surface area (Å²) in [4.78, 5) is 25.3. The number of ether oxygens (including phenoxy) is 1. The van der Waals surface area contributed by atoms with Crippen molar-refractivity contribution >= 4 is 29.2 Å². The van der Waals surface area contributed by atoms with Crippen LogP contribution in [0.5, 0.6) is 0 Å². The first-order valence-corrected chi connectivity index (χ1v) is 10.6. The van der Waals surface area contributed by atoms with Gasteiger partial charge in [-0.1, -0.05) is 48.0 Å². The molecule has 0 aromatic heterocycles. The van der Waals surface area contributed by atoms with E-state index in [0.717, 1.165) is 37.0 Å². The second-order valence-corrected chi connectivity index (χ2v) is 7.99. The molecule has 2 aromatic rings. The molecule has 1 aliphatic heterocycles. The molecule has 1 fully saturated rings. The van der Waals surface area contributed by atoms with Crippen molar-refractivity contribution < 1.29 is 35.8 Å². The number of likely N-dealkylation sites (tertiary alicyclic amines) is 1. The summed E-state index contributed by atoms with van der Waals surface area (Å²) in [6.45, 7) is 5.11. The van der Waals surface area contributed by atoms with Gasteiger partial charge in [-0.15, -0.1) is 0 Å². The third-order valence-corrected chi connectivity index (χ3v) is 5.69. The van der Waals surface area contributed by atoms with E-state index in [1.54, 1.807) is 25.1 Å². The zero-order valence-electron chi connectivity index (χ0n) is 17.2. The minimum atomic E-state index is -0.489. The summed E-state index contributed by atoms with van der Waals surface area (Å²) in [5.41, 5.74) is 1.83. The lowest BCUT2D eigenvalue weighted by molar-refractivity contribution is -0.937. The number of piperidine rings is 1. The summed E-state index contributed by atoms with van der Waals surface area (Å²) in [5, 5.41) is 3.22.